The predicted octanol–water partition coefficient (Wildman–Crippen LogP) is 1.25. The van der Waals surface area contributed by atoms with Gasteiger partial charge in [-0.05, 0) is 24.6 Å². The van der Waals surface area contributed by atoms with Crippen molar-refractivity contribution in [1.29, 1.82) is 0 Å². The highest BCUT2D eigenvalue weighted by Gasteiger charge is 2.16. The van der Waals surface area contributed by atoms with E-state index in [-0.39, 0.29) is 16.7 Å². The number of aromatic nitrogens is 2. The molecule has 0 fully saturated rings. The number of anilines is 1. The summed E-state index contributed by atoms with van der Waals surface area (Å²) >= 11 is 0. The highest BCUT2D eigenvalue weighted by molar-refractivity contribution is 7.89. The second kappa shape index (κ2) is 6.89. The first-order valence-electron chi connectivity index (χ1n) is 6.74. The summed E-state index contributed by atoms with van der Waals surface area (Å²) in [7, 11) is -0.578. The first kappa shape index (κ1) is 17.8. The summed E-state index contributed by atoms with van der Waals surface area (Å²) in [4.78, 5) is 12.3. The summed E-state index contributed by atoms with van der Waals surface area (Å²) in [6.07, 6.45) is 0.878. The van der Waals surface area contributed by atoms with Gasteiger partial charge in [0.25, 0.3) is 0 Å². The zero-order chi connectivity index (χ0) is 17.9. The van der Waals surface area contributed by atoms with Crippen LogP contribution in [0.25, 0.3) is 0 Å². The zero-order valence-electron chi connectivity index (χ0n) is 13.3. The Labute approximate surface area is 138 Å². The Morgan fingerprint density at radius 2 is 1.92 bits per heavy atom. The van der Waals surface area contributed by atoms with Crippen molar-refractivity contribution in [3.63, 3.8) is 0 Å². The molecule has 0 radical (unpaired) electrons. The molecule has 0 aliphatic heterocycles. The molecule has 0 atom stereocenters. The molecule has 0 aliphatic carbocycles. The van der Waals surface area contributed by atoms with Gasteiger partial charge in [0, 0.05) is 14.1 Å². The smallest absolute Gasteiger partial charge is 0.347 e. The zero-order valence-corrected chi connectivity index (χ0v) is 14.1. The van der Waals surface area contributed by atoms with Crippen molar-refractivity contribution in [2.75, 3.05) is 19.8 Å². The minimum Gasteiger partial charge on any atom is -0.381 e. The topological polar surface area (TPSA) is 111 Å². The van der Waals surface area contributed by atoms with Gasteiger partial charge >= 0.3 is 6.01 Å². The van der Waals surface area contributed by atoms with Crippen LogP contribution < -0.4 is 10.6 Å². The van der Waals surface area contributed by atoms with Crippen molar-refractivity contribution in [3.8, 4) is 6.01 Å². The van der Waals surface area contributed by atoms with Gasteiger partial charge in [0.1, 0.15) is 0 Å². The minimum atomic E-state index is -3.49. The quantitative estimate of drug-likeness (QED) is 0.640. The molecule has 0 spiro atoms. The molecule has 128 valence electrons. The maximum atomic E-state index is 13.0. The lowest BCUT2D eigenvalue weighted by molar-refractivity contribution is 0.311. The van der Waals surface area contributed by atoms with E-state index in [1.807, 2.05) is 0 Å². The molecule has 24 heavy (non-hydrogen) atoms. The average Bonchev–Trinajstić information content (AvgIpc) is 2.55. The number of nitrogens with zero attached hydrogens (tertiary/aromatic N) is 4. The molecule has 0 bridgehead atoms. The fourth-order valence-corrected chi connectivity index (χ4v) is 2.55. The first-order chi connectivity index (χ1) is 11.2. The molecule has 8 nitrogen and oxygen atoms in total. The van der Waals surface area contributed by atoms with Crippen LogP contribution in [0.3, 0.4) is 0 Å². The summed E-state index contributed by atoms with van der Waals surface area (Å²) in [6, 6.07) is 5.93. The lowest BCUT2D eigenvalue weighted by Gasteiger charge is -2.11. The van der Waals surface area contributed by atoms with E-state index in [1.54, 1.807) is 19.1 Å². The number of hydrogen-bond acceptors (Lipinski definition) is 7. The Bertz CT molecular complexity index is 866. The van der Waals surface area contributed by atoms with Gasteiger partial charge in [-0.25, -0.2) is 17.1 Å². The molecular formula is C14H16FN5O3S. The van der Waals surface area contributed by atoms with Crippen LogP contribution in [0.1, 0.15) is 12.5 Å². The molecule has 1 aromatic carbocycles. The molecular weight excluding hydrogens is 337 g/mol. The van der Waals surface area contributed by atoms with Gasteiger partial charge < -0.3 is 10.6 Å². The fraction of sp³-hybridized carbons (Fsp3) is 0.214. The normalized spacial score (nSPS) is 12.5. The van der Waals surface area contributed by atoms with Crippen molar-refractivity contribution < 1.29 is 17.6 Å². The van der Waals surface area contributed by atoms with E-state index in [2.05, 4.69) is 15.1 Å². The van der Waals surface area contributed by atoms with Crippen LogP contribution >= 0.6 is 0 Å². The number of rotatable bonds is 5. The highest BCUT2D eigenvalue weighted by Crippen LogP contribution is 2.15. The largest absolute Gasteiger partial charge is 0.381 e. The lowest BCUT2D eigenvalue weighted by Crippen LogP contribution is -2.22. The molecule has 0 unspecified atom stereocenters. The van der Waals surface area contributed by atoms with Crippen LogP contribution in [0.2, 0.25) is 0 Å². The molecule has 10 heteroatoms. The Morgan fingerprint density at radius 3 is 2.46 bits per heavy atom. The van der Waals surface area contributed by atoms with Gasteiger partial charge in [0.15, 0.2) is 11.6 Å². The first-order valence-corrected chi connectivity index (χ1v) is 8.18. The maximum Gasteiger partial charge on any atom is 0.347 e. The number of benzene rings is 1. The summed E-state index contributed by atoms with van der Waals surface area (Å²) in [6.45, 7) is 1.66. The SMILES string of the molecule is C/C(=N\Oc1ncc(F)c(N)n1)c1ccc(S(=O)(=O)N(C)C)cc1. The van der Waals surface area contributed by atoms with E-state index < -0.39 is 15.8 Å². The Morgan fingerprint density at radius 1 is 1.29 bits per heavy atom. The van der Waals surface area contributed by atoms with Crippen molar-refractivity contribution >= 4 is 21.6 Å². The predicted molar refractivity (Wildman–Crippen MR) is 86.6 cm³/mol. The summed E-state index contributed by atoms with van der Waals surface area (Å²) in [5, 5.41) is 3.82. The average molecular weight is 353 g/mol. The van der Waals surface area contributed by atoms with E-state index in [0.717, 1.165) is 10.5 Å². The Kier molecular flexibility index (Phi) is 5.10. The number of hydrogen-bond donors (Lipinski definition) is 1. The molecule has 0 amide bonds. The molecule has 2 N–H and O–H groups in total. The highest BCUT2D eigenvalue weighted by atomic mass is 32.2. The Hall–Kier alpha value is -2.59. The number of oxime groups is 1. The molecule has 1 heterocycles. The van der Waals surface area contributed by atoms with Crippen molar-refractivity contribution in [3.05, 3.63) is 41.8 Å². The molecule has 0 saturated carbocycles. The number of halogens is 1. The monoisotopic (exact) mass is 353 g/mol. The van der Waals surface area contributed by atoms with Gasteiger partial charge in [-0.1, -0.05) is 17.3 Å². The van der Waals surface area contributed by atoms with Gasteiger partial charge in [-0.3, -0.25) is 0 Å². The number of nitrogens with two attached hydrogens (primary N) is 1. The van der Waals surface area contributed by atoms with Crippen LogP contribution in [0.15, 0.2) is 40.5 Å². The minimum absolute atomic E-state index is 0.166. The second-order valence-corrected chi connectivity index (χ2v) is 7.12. The Balaban J connectivity index is 2.17. The molecule has 0 aliphatic rings. The van der Waals surface area contributed by atoms with Crippen LogP contribution in [-0.2, 0) is 10.0 Å². The third-order valence-corrected chi connectivity index (χ3v) is 4.89. The molecule has 2 aromatic rings. The lowest BCUT2D eigenvalue weighted by atomic mass is 10.1. The van der Waals surface area contributed by atoms with Crippen LogP contribution in [0, 0.1) is 5.82 Å². The second-order valence-electron chi connectivity index (χ2n) is 4.97. The van der Waals surface area contributed by atoms with Crippen LogP contribution in [0.5, 0.6) is 6.01 Å². The van der Waals surface area contributed by atoms with Gasteiger partial charge in [-0.15, -0.1) is 0 Å². The number of nitrogen functional groups attached to an aromatic ring is 1. The van der Waals surface area contributed by atoms with E-state index in [4.69, 9.17) is 10.6 Å². The summed E-state index contributed by atoms with van der Waals surface area (Å²) in [5.74, 6) is -1.09. The molecule has 0 saturated heterocycles. The van der Waals surface area contributed by atoms with E-state index in [1.165, 1.54) is 26.2 Å². The maximum absolute atomic E-state index is 13.0. The third kappa shape index (κ3) is 3.84. The number of sulfonamides is 1. The van der Waals surface area contributed by atoms with Gasteiger partial charge in [-0.2, -0.15) is 9.97 Å². The van der Waals surface area contributed by atoms with E-state index >= 15 is 0 Å². The standard InChI is InChI=1S/C14H16FN5O3S/c1-9(19-23-14-17-8-12(15)13(16)18-14)10-4-6-11(7-5-10)24(21,22)20(2)3/h4-8H,1-3H3,(H2,16,17,18)/b19-9+. The van der Waals surface area contributed by atoms with Crippen molar-refractivity contribution in [2.24, 2.45) is 5.16 Å². The van der Waals surface area contributed by atoms with Gasteiger partial charge in [0.2, 0.25) is 10.0 Å². The molecule has 2 rings (SSSR count). The summed E-state index contributed by atoms with van der Waals surface area (Å²) < 4.78 is 38.1. The van der Waals surface area contributed by atoms with Crippen LogP contribution in [0.4, 0.5) is 10.2 Å². The van der Waals surface area contributed by atoms with E-state index in [9.17, 15) is 12.8 Å². The van der Waals surface area contributed by atoms with Crippen molar-refractivity contribution in [2.45, 2.75) is 11.8 Å². The molecule has 1 aromatic heterocycles. The fourth-order valence-electron chi connectivity index (χ4n) is 1.65. The third-order valence-electron chi connectivity index (χ3n) is 3.06. The van der Waals surface area contributed by atoms with Gasteiger partial charge in [0.05, 0.1) is 16.8 Å². The van der Waals surface area contributed by atoms with E-state index in [0.29, 0.717) is 11.3 Å². The van der Waals surface area contributed by atoms with Crippen LogP contribution in [-0.4, -0.2) is 42.5 Å². The summed E-state index contributed by atoms with van der Waals surface area (Å²) in [5.41, 5.74) is 6.40. The van der Waals surface area contributed by atoms with Crippen molar-refractivity contribution in [1.82, 2.24) is 14.3 Å².